The quantitative estimate of drug-likeness (QED) is 0.712. The number of nitrogens with one attached hydrogen (secondary N) is 1. The third kappa shape index (κ3) is 3.71. The average Bonchev–Trinajstić information content (AvgIpc) is 3.28. The minimum absolute atomic E-state index is 0.00235. The maximum absolute atomic E-state index is 13.0. The summed E-state index contributed by atoms with van der Waals surface area (Å²) in [6, 6.07) is 14.6. The molecule has 2 aromatic carbocycles. The van der Waals surface area contributed by atoms with Crippen LogP contribution in [0, 0.1) is 5.92 Å². The Bertz CT molecular complexity index is 1210. The molecule has 0 aliphatic carbocycles. The first-order chi connectivity index (χ1) is 15.1. The average molecular weight is 416 g/mol. The fourth-order valence-electron chi connectivity index (χ4n) is 4.51. The number of benzene rings is 2. The van der Waals surface area contributed by atoms with E-state index in [1.54, 1.807) is 27.7 Å². The number of aryl methyl sites for hydroxylation is 1. The number of anilines is 1. The summed E-state index contributed by atoms with van der Waals surface area (Å²) >= 11 is 0. The molecular weight excluding hydrogens is 392 g/mol. The minimum Gasteiger partial charge on any atom is -0.339 e. The molecule has 0 radical (unpaired) electrons. The van der Waals surface area contributed by atoms with E-state index in [-0.39, 0.29) is 23.3 Å². The highest BCUT2D eigenvalue weighted by Crippen LogP contribution is 2.22. The van der Waals surface area contributed by atoms with Crippen molar-refractivity contribution in [2.45, 2.75) is 32.2 Å². The van der Waals surface area contributed by atoms with Crippen LogP contribution in [0.2, 0.25) is 0 Å². The van der Waals surface area contributed by atoms with E-state index in [0.717, 1.165) is 24.4 Å². The van der Waals surface area contributed by atoms with E-state index in [0.29, 0.717) is 48.9 Å². The van der Waals surface area contributed by atoms with Crippen molar-refractivity contribution in [1.29, 1.82) is 0 Å². The Kier molecular flexibility index (Phi) is 5.02. The van der Waals surface area contributed by atoms with Crippen LogP contribution in [0.3, 0.4) is 0 Å². The molecule has 1 saturated heterocycles. The summed E-state index contributed by atoms with van der Waals surface area (Å²) in [6.45, 7) is 1.78. The molecule has 3 aromatic rings. The number of nitrogens with zero attached hydrogens (tertiary/aromatic N) is 3. The molecule has 1 aromatic heterocycles. The molecule has 0 unspecified atom stereocenters. The molecule has 7 nitrogen and oxygen atoms in total. The number of likely N-dealkylation sites (tertiary alicyclic amines) is 1. The first kappa shape index (κ1) is 19.5. The SMILES string of the molecule is O=C(Nc1ccccc1)C1CCN(C(=O)c2ccc3c(=O)n4c(nc3c2)CCC4)CC1. The van der Waals surface area contributed by atoms with Crippen molar-refractivity contribution in [3.05, 3.63) is 70.3 Å². The number of carbonyl (C=O) groups excluding carboxylic acids is 2. The number of para-hydroxylation sites is 1. The van der Waals surface area contributed by atoms with E-state index in [2.05, 4.69) is 10.3 Å². The molecule has 3 heterocycles. The topological polar surface area (TPSA) is 84.3 Å². The Morgan fingerprint density at radius 3 is 2.55 bits per heavy atom. The summed E-state index contributed by atoms with van der Waals surface area (Å²) in [5, 5.41) is 3.51. The van der Waals surface area contributed by atoms with Gasteiger partial charge >= 0.3 is 0 Å². The molecule has 1 N–H and O–H groups in total. The van der Waals surface area contributed by atoms with Crippen molar-refractivity contribution in [3.63, 3.8) is 0 Å². The van der Waals surface area contributed by atoms with Crippen LogP contribution in [-0.2, 0) is 17.8 Å². The van der Waals surface area contributed by atoms with Crippen LogP contribution in [0.1, 0.15) is 35.4 Å². The molecule has 158 valence electrons. The Labute approximate surface area is 179 Å². The normalized spacial score (nSPS) is 16.3. The van der Waals surface area contributed by atoms with Crippen LogP contribution in [0.5, 0.6) is 0 Å². The Morgan fingerprint density at radius 1 is 1.00 bits per heavy atom. The predicted molar refractivity (Wildman–Crippen MR) is 118 cm³/mol. The Morgan fingerprint density at radius 2 is 1.77 bits per heavy atom. The van der Waals surface area contributed by atoms with E-state index in [1.807, 2.05) is 30.3 Å². The van der Waals surface area contributed by atoms with Crippen LogP contribution in [-0.4, -0.2) is 39.4 Å². The fraction of sp³-hybridized carbons (Fsp3) is 0.333. The molecule has 7 heteroatoms. The van der Waals surface area contributed by atoms with E-state index < -0.39 is 0 Å². The molecule has 1 fully saturated rings. The molecule has 2 amide bonds. The first-order valence-corrected chi connectivity index (χ1v) is 10.8. The number of fused-ring (bicyclic) bond motifs is 2. The highest BCUT2D eigenvalue weighted by molar-refractivity contribution is 5.98. The van der Waals surface area contributed by atoms with Crippen LogP contribution in [0.4, 0.5) is 5.69 Å². The molecule has 0 saturated carbocycles. The van der Waals surface area contributed by atoms with Crippen LogP contribution in [0.15, 0.2) is 53.3 Å². The molecule has 2 aliphatic rings. The van der Waals surface area contributed by atoms with Gasteiger partial charge < -0.3 is 10.2 Å². The third-order valence-electron chi connectivity index (χ3n) is 6.26. The lowest BCUT2D eigenvalue weighted by Gasteiger charge is -2.31. The number of piperidine rings is 1. The zero-order valence-corrected chi connectivity index (χ0v) is 17.2. The Hall–Kier alpha value is -3.48. The van der Waals surface area contributed by atoms with Crippen LogP contribution in [0.25, 0.3) is 10.9 Å². The van der Waals surface area contributed by atoms with Crippen molar-refractivity contribution < 1.29 is 9.59 Å². The molecule has 31 heavy (non-hydrogen) atoms. The number of aromatic nitrogens is 2. The van der Waals surface area contributed by atoms with Gasteiger partial charge in [-0.3, -0.25) is 19.0 Å². The van der Waals surface area contributed by atoms with Gasteiger partial charge in [-0.25, -0.2) is 4.98 Å². The van der Waals surface area contributed by atoms with Gasteiger partial charge in [0.2, 0.25) is 5.91 Å². The zero-order valence-electron chi connectivity index (χ0n) is 17.2. The summed E-state index contributed by atoms with van der Waals surface area (Å²) in [6.07, 6.45) is 2.98. The number of rotatable bonds is 3. The second-order valence-corrected chi connectivity index (χ2v) is 8.24. The van der Waals surface area contributed by atoms with Crippen molar-refractivity contribution >= 4 is 28.4 Å². The van der Waals surface area contributed by atoms with Crippen molar-refractivity contribution in [2.24, 2.45) is 5.92 Å². The molecule has 2 aliphatic heterocycles. The smallest absolute Gasteiger partial charge is 0.261 e. The highest BCUT2D eigenvalue weighted by atomic mass is 16.2. The van der Waals surface area contributed by atoms with Gasteiger partial charge in [0.15, 0.2) is 0 Å². The van der Waals surface area contributed by atoms with E-state index in [4.69, 9.17) is 0 Å². The minimum atomic E-state index is -0.106. The van der Waals surface area contributed by atoms with E-state index in [1.165, 1.54) is 0 Å². The van der Waals surface area contributed by atoms with Gasteiger partial charge in [0.05, 0.1) is 10.9 Å². The first-order valence-electron chi connectivity index (χ1n) is 10.8. The van der Waals surface area contributed by atoms with Crippen LogP contribution < -0.4 is 10.9 Å². The zero-order chi connectivity index (χ0) is 21.4. The number of carbonyl (C=O) groups is 2. The summed E-state index contributed by atoms with van der Waals surface area (Å²) in [4.78, 5) is 44.6. The van der Waals surface area contributed by atoms with Crippen molar-refractivity contribution in [2.75, 3.05) is 18.4 Å². The lowest BCUT2D eigenvalue weighted by atomic mass is 9.95. The number of amides is 2. The molecular formula is C24H24N4O3. The lowest BCUT2D eigenvalue weighted by Crippen LogP contribution is -2.41. The summed E-state index contributed by atoms with van der Waals surface area (Å²) in [5.41, 5.74) is 1.88. The van der Waals surface area contributed by atoms with Gasteiger partial charge in [0.25, 0.3) is 11.5 Å². The highest BCUT2D eigenvalue weighted by Gasteiger charge is 2.28. The van der Waals surface area contributed by atoms with Gasteiger partial charge in [-0.1, -0.05) is 18.2 Å². The molecule has 0 bridgehead atoms. The van der Waals surface area contributed by atoms with Crippen molar-refractivity contribution in [1.82, 2.24) is 14.5 Å². The van der Waals surface area contributed by atoms with Gasteiger partial charge in [0.1, 0.15) is 5.82 Å². The van der Waals surface area contributed by atoms with Gasteiger partial charge in [-0.15, -0.1) is 0 Å². The number of hydrogen-bond donors (Lipinski definition) is 1. The standard InChI is InChI=1S/C24H24N4O3/c29-22(25-18-5-2-1-3-6-18)16-10-13-27(14-11-16)23(30)17-8-9-19-20(15-17)26-21-7-4-12-28(21)24(19)31/h1-3,5-6,8-9,15-16H,4,7,10-14H2,(H,25,29). The molecule has 5 rings (SSSR count). The second kappa shape index (κ2) is 7.98. The lowest BCUT2D eigenvalue weighted by molar-refractivity contribution is -0.121. The Balaban J connectivity index is 1.27. The fourth-order valence-corrected chi connectivity index (χ4v) is 4.51. The molecule has 0 spiro atoms. The largest absolute Gasteiger partial charge is 0.339 e. The third-order valence-corrected chi connectivity index (χ3v) is 6.26. The monoisotopic (exact) mass is 416 g/mol. The molecule has 0 atom stereocenters. The van der Waals surface area contributed by atoms with Crippen LogP contribution >= 0.6 is 0 Å². The van der Waals surface area contributed by atoms with Gasteiger partial charge in [-0.05, 0) is 49.6 Å². The maximum atomic E-state index is 13.0. The van der Waals surface area contributed by atoms with E-state index in [9.17, 15) is 14.4 Å². The summed E-state index contributed by atoms with van der Waals surface area (Å²) in [7, 11) is 0. The van der Waals surface area contributed by atoms with Crippen molar-refractivity contribution in [3.8, 4) is 0 Å². The van der Waals surface area contributed by atoms with E-state index >= 15 is 0 Å². The second-order valence-electron chi connectivity index (χ2n) is 8.24. The van der Waals surface area contributed by atoms with Gasteiger partial charge in [0, 0.05) is 43.2 Å². The predicted octanol–water partition coefficient (Wildman–Crippen LogP) is 2.83. The number of hydrogen-bond acceptors (Lipinski definition) is 4. The van der Waals surface area contributed by atoms with Gasteiger partial charge in [-0.2, -0.15) is 0 Å². The summed E-state index contributed by atoms with van der Waals surface area (Å²) < 4.78 is 1.73. The maximum Gasteiger partial charge on any atom is 0.261 e. The summed E-state index contributed by atoms with van der Waals surface area (Å²) in [5.74, 6) is 0.617.